The Balaban J connectivity index is 0.00000625. The Morgan fingerprint density at radius 2 is 1.81 bits per heavy atom. The van der Waals surface area contributed by atoms with Crippen molar-refractivity contribution in [1.82, 2.24) is 16.0 Å². The lowest BCUT2D eigenvalue weighted by atomic mass is 10.0. The number of hydrogen-bond donors (Lipinski definition) is 3. The van der Waals surface area contributed by atoms with Gasteiger partial charge in [-0.1, -0.05) is 44.2 Å². The van der Waals surface area contributed by atoms with Gasteiger partial charge in [-0.25, -0.2) is 4.79 Å². The van der Waals surface area contributed by atoms with E-state index in [0.29, 0.717) is 25.0 Å². The molecule has 1 rings (SSSR count). The molecule has 0 radical (unpaired) electrons. The van der Waals surface area contributed by atoms with Crippen molar-refractivity contribution in [3.63, 3.8) is 0 Å². The van der Waals surface area contributed by atoms with Crippen molar-refractivity contribution in [2.75, 3.05) is 20.2 Å². The van der Waals surface area contributed by atoms with E-state index in [0.717, 1.165) is 6.42 Å². The maximum atomic E-state index is 11.7. The van der Waals surface area contributed by atoms with Crippen LogP contribution in [0.1, 0.15) is 45.7 Å². The molecule has 26 heavy (non-hydrogen) atoms. The Hall–Kier alpha value is -1.51. The zero-order valence-corrected chi connectivity index (χ0v) is 18.7. The molecule has 0 aliphatic rings. The minimum atomic E-state index is -0.379. The molecule has 6 nitrogen and oxygen atoms in total. The van der Waals surface area contributed by atoms with Crippen LogP contribution in [0.5, 0.6) is 0 Å². The number of hydrogen-bond acceptors (Lipinski definition) is 3. The van der Waals surface area contributed by atoms with Gasteiger partial charge in [0.1, 0.15) is 0 Å². The molecule has 1 amide bonds. The summed E-state index contributed by atoms with van der Waals surface area (Å²) >= 11 is 0. The number of benzene rings is 1. The number of carbonyl (C=O) groups excluding carboxylic acids is 1. The van der Waals surface area contributed by atoms with Gasteiger partial charge in [-0.3, -0.25) is 4.99 Å². The number of guanidine groups is 1. The van der Waals surface area contributed by atoms with Crippen LogP contribution >= 0.6 is 24.0 Å². The van der Waals surface area contributed by atoms with E-state index in [9.17, 15) is 4.79 Å². The second kappa shape index (κ2) is 13.7. The van der Waals surface area contributed by atoms with Crippen molar-refractivity contribution in [2.24, 2.45) is 10.9 Å². The number of nitrogens with one attached hydrogen (secondary N) is 3. The normalized spacial score (nSPS) is 13.4. The van der Waals surface area contributed by atoms with Crippen molar-refractivity contribution in [1.29, 1.82) is 0 Å². The van der Waals surface area contributed by atoms with Crippen LogP contribution in [0.4, 0.5) is 4.79 Å². The van der Waals surface area contributed by atoms with Gasteiger partial charge in [-0.2, -0.15) is 0 Å². The third kappa shape index (κ3) is 9.84. The van der Waals surface area contributed by atoms with E-state index in [-0.39, 0.29) is 42.2 Å². The summed E-state index contributed by atoms with van der Waals surface area (Å²) in [4.78, 5) is 16.0. The van der Waals surface area contributed by atoms with E-state index in [1.807, 2.05) is 18.2 Å². The molecular weight excluding hydrogens is 443 g/mol. The fraction of sp³-hybridized carbons (Fsp3) is 0.579. The van der Waals surface area contributed by atoms with Gasteiger partial charge >= 0.3 is 6.09 Å². The summed E-state index contributed by atoms with van der Waals surface area (Å²) in [5.41, 5.74) is 1.19. The first kappa shape index (κ1) is 24.5. The Morgan fingerprint density at radius 3 is 2.35 bits per heavy atom. The van der Waals surface area contributed by atoms with Crippen LogP contribution in [0.15, 0.2) is 35.3 Å². The molecule has 2 atom stereocenters. The number of alkyl carbamates (subject to hydrolysis) is 1. The Kier molecular flexibility index (Phi) is 12.9. The minimum Gasteiger partial charge on any atom is -0.450 e. The molecule has 0 saturated heterocycles. The van der Waals surface area contributed by atoms with E-state index in [1.165, 1.54) is 5.56 Å². The van der Waals surface area contributed by atoms with E-state index < -0.39 is 0 Å². The van der Waals surface area contributed by atoms with Crippen molar-refractivity contribution >= 4 is 36.0 Å². The van der Waals surface area contributed by atoms with Crippen molar-refractivity contribution in [3.8, 4) is 0 Å². The Bertz CT molecular complexity index is 538. The van der Waals surface area contributed by atoms with Gasteiger partial charge in [0.25, 0.3) is 0 Å². The zero-order chi connectivity index (χ0) is 18.7. The third-order valence-corrected chi connectivity index (χ3v) is 3.75. The van der Waals surface area contributed by atoms with Gasteiger partial charge in [0.2, 0.25) is 0 Å². The molecule has 2 unspecified atom stereocenters. The molecule has 0 aliphatic carbocycles. The van der Waals surface area contributed by atoms with Crippen LogP contribution in [0.2, 0.25) is 0 Å². The lowest BCUT2D eigenvalue weighted by Gasteiger charge is -2.23. The quantitative estimate of drug-likeness (QED) is 0.304. The van der Waals surface area contributed by atoms with Gasteiger partial charge < -0.3 is 20.7 Å². The van der Waals surface area contributed by atoms with E-state index in [2.05, 4.69) is 53.8 Å². The Morgan fingerprint density at radius 1 is 1.15 bits per heavy atom. The maximum Gasteiger partial charge on any atom is 0.407 e. The number of amides is 1. The van der Waals surface area contributed by atoms with E-state index in [1.54, 1.807) is 14.0 Å². The number of rotatable bonds is 8. The highest BCUT2D eigenvalue weighted by molar-refractivity contribution is 14.0. The van der Waals surface area contributed by atoms with Crippen LogP contribution in [0, 0.1) is 5.92 Å². The number of carbonyl (C=O) groups is 1. The molecule has 0 bridgehead atoms. The predicted molar refractivity (Wildman–Crippen MR) is 118 cm³/mol. The molecule has 1 aromatic carbocycles. The second-order valence-corrected chi connectivity index (χ2v) is 6.42. The average Bonchev–Trinajstić information content (AvgIpc) is 2.58. The maximum absolute atomic E-state index is 11.7. The zero-order valence-electron chi connectivity index (χ0n) is 16.4. The summed E-state index contributed by atoms with van der Waals surface area (Å²) in [6, 6.07) is 10.3. The molecule has 148 valence electrons. The summed E-state index contributed by atoms with van der Waals surface area (Å²) in [6.07, 6.45) is 0.479. The molecule has 3 N–H and O–H groups in total. The predicted octanol–water partition coefficient (Wildman–Crippen LogP) is 3.69. The Labute approximate surface area is 174 Å². The number of halogens is 1. The SMILES string of the molecule is CCOC(=O)NC(CNC(=NC)NC(C)c1ccccc1)CC(C)C.I. The van der Waals surface area contributed by atoms with Crippen LogP contribution in [-0.4, -0.2) is 38.3 Å². The lowest BCUT2D eigenvalue weighted by Crippen LogP contribution is -2.48. The third-order valence-electron chi connectivity index (χ3n) is 3.75. The molecule has 1 aromatic rings. The minimum absolute atomic E-state index is 0. The fourth-order valence-corrected chi connectivity index (χ4v) is 2.55. The van der Waals surface area contributed by atoms with Gasteiger partial charge in [0.05, 0.1) is 12.6 Å². The summed E-state index contributed by atoms with van der Waals surface area (Å²) < 4.78 is 4.99. The van der Waals surface area contributed by atoms with Gasteiger partial charge in [0, 0.05) is 19.6 Å². The molecule has 0 heterocycles. The number of ether oxygens (including phenoxy) is 1. The number of aliphatic imine (C=N–C) groups is 1. The summed E-state index contributed by atoms with van der Waals surface area (Å²) in [7, 11) is 1.74. The molecule has 0 saturated carbocycles. The van der Waals surface area contributed by atoms with Gasteiger partial charge in [0.15, 0.2) is 5.96 Å². The molecule has 0 aromatic heterocycles. The monoisotopic (exact) mass is 476 g/mol. The van der Waals surface area contributed by atoms with Crippen molar-refractivity contribution in [3.05, 3.63) is 35.9 Å². The largest absolute Gasteiger partial charge is 0.450 e. The van der Waals surface area contributed by atoms with Crippen LogP contribution in [0.25, 0.3) is 0 Å². The average molecular weight is 476 g/mol. The van der Waals surface area contributed by atoms with Gasteiger partial charge in [-0.05, 0) is 31.7 Å². The molecular formula is C19H33IN4O2. The highest BCUT2D eigenvalue weighted by Crippen LogP contribution is 2.10. The first-order chi connectivity index (χ1) is 12.0. The standard InChI is InChI=1S/C19H32N4O2.HI/c1-6-25-19(24)23-17(12-14(2)3)13-21-18(20-5)22-15(4)16-10-8-7-9-11-16;/h7-11,14-15,17H,6,12-13H2,1-5H3,(H,23,24)(H2,20,21,22);1H. The van der Waals surface area contributed by atoms with Crippen molar-refractivity contribution < 1.29 is 9.53 Å². The van der Waals surface area contributed by atoms with Crippen LogP contribution < -0.4 is 16.0 Å². The summed E-state index contributed by atoms with van der Waals surface area (Å²) in [5.74, 6) is 1.17. The molecule has 0 fully saturated rings. The highest BCUT2D eigenvalue weighted by Gasteiger charge is 2.16. The van der Waals surface area contributed by atoms with Crippen LogP contribution in [0.3, 0.4) is 0 Å². The first-order valence-corrected chi connectivity index (χ1v) is 8.91. The molecule has 0 spiro atoms. The molecule has 7 heteroatoms. The lowest BCUT2D eigenvalue weighted by molar-refractivity contribution is 0.146. The fourth-order valence-electron chi connectivity index (χ4n) is 2.55. The first-order valence-electron chi connectivity index (χ1n) is 8.91. The highest BCUT2D eigenvalue weighted by atomic mass is 127. The number of nitrogens with zero attached hydrogens (tertiary/aromatic N) is 1. The summed E-state index contributed by atoms with van der Waals surface area (Å²) in [6.45, 7) is 9.09. The summed E-state index contributed by atoms with van der Waals surface area (Å²) in [5, 5.41) is 9.56. The molecule has 0 aliphatic heterocycles. The van der Waals surface area contributed by atoms with Crippen LogP contribution in [-0.2, 0) is 4.74 Å². The van der Waals surface area contributed by atoms with E-state index in [4.69, 9.17) is 4.74 Å². The van der Waals surface area contributed by atoms with Crippen molar-refractivity contribution in [2.45, 2.75) is 46.2 Å². The topological polar surface area (TPSA) is 74.8 Å². The van der Waals surface area contributed by atoms with Gasteiger partial charge in [-0.15, -0.1) is 24.0 Å². The smallest absolute Gasteiger partial charge is 0.407 e. The second-order valence-electron chi connectivity index (χ2n) is 6.42. The van der Waals surface area contributed by atoms with E-state index >= 15 is 0 Å².